The fourth-order valence-electron chi connectivity index (χ4n) is 5.14. The largest absolute Gasteiger partial charge is 0.493 e. The van der Waals surface area contributed by atoms with E-state index in [1.54, 1.807) is 76.2 Å². The molecule has 1 fully saturated rings. The Kier molecular flexibility index (Phi) is 29.0. The van der Waals surface area contributed by atoms with Crippen LogP contribution in [-0.2, 0) is 24.0 Å². The SMILES string of the molecule is CC.CC.CC.COc1c(C)ccc(N(C)CCC(=O)NC=O)c1F.Cc1ccc(N(C)CCC(=O)NC=O)c(F)c1C#N.Cc1ccc(N2CCC(=O)NC2=O)c(Cl)c1C#N. The minimum atomic E-state index is -0.596. The maximum absolute atomic E-state index is 14.1. The number of nitrogens with zero attached hydrogens (tertiary/aromatic N) is 5. The lowest BCUT2D eigenvalue weighted by atomic mass is 10.1. The summed E-state index contributed by atoms with van der Waals surface area (Å²) in [7, 11) is 4.69. The minimum absolute atomic E-state index is 0.00157. The van der Waals surface area contributed by atoms with Crippen LogP contribution in [0.4, 0.5) is 30.6 Å². The molecule has 1 heterocycles. The number of urea groups is 1. The number of methoxy groups -OCH3 is 1. The van der Waals surface area contributed by atoms with Crippen molar-refractivity contribution in [2.75, 3.05) is 55.5 Å². The van der Waals surface area contributed by atoms with Gasteiger partial charge in [0.1, 0.15) is 12.1 Å². The zero-order valence-corrected chi connectivity index (χ0v) is 38.3. The number of nitriles is 2. The average molecular weight is 885 g/mol. The van der Waals surface area contributed by atoms with Crippen molar-refractivity contribution in [2.24, 2.45) is 0 Å². The van der Waals surface area contributed by atoms with Gasteiger partial charge in [0.25, 0.3) is 0 Å². The molecule has 0 bridgehead atoms. The van der Waals surface area contributed by atoms with Gasteiger partial charge in [0, 0.05) is 53.0 Å². The third-order valence-electron chi connectivity index (χ3n) is 8.32. The van der Waals surface area contributed by atoms with Gasteiger partial charge >= 0.3 is 6.03 Å². The number of nitrogens with one attached hydrogen (secondary N) is 3. The van der Waals surface area contributed by atoms with Crippen LogP contribution in [-0.4, -0.2) is 77.4 Å². The van der Waals surface area contributed by atoms with Gasteiger partial charge in [0.05, 0.1) is 40.3 Å². The van der Waals surface area contributed by atoms with Crippen molar-refractivity contribution >= 4 is 65.2 Å². The normalized spacial score (nSPS) is 10.7. The molecule has 3 N–H and O–H groups in total. The molecule has 0 saturated carbocycles. The highest BCUT2D eigenvalue weighted by atomic mass is 35.5. The van der Waals surface area contributed by atoms with E-state index >= 15 is 0 Å². The number of hydrogen-bond donors (Lipinski definition) is 3. The van der Waals surface area contributed by atoms with Crippen molar-refractivity contribution in [3.63, 3.8) is 0 Å². The third-order valence-corrected chi connectivity index (χ3v) is 8.70. The maximum atomic E-state index is 14.1. The number of carbonyl (C=O) groups is 6. The molecule has 15 nitrogen and oxygen atoms in total. The van der Waals surface area contributed by atoms with E-state index in [4.69, 9.17) is 26.9 Å². The van der Waals surface area contributed by atoms with Crippen LogP contribution in [0.1, 0.15) is 88.6 Å². The first-order valence-corrected chi connectivity index (χ1v) is 20.1. The van der Waals surface area contributed by atoms with Crippen LogP contribution in [0.5, 0.6) is 5.75 Å². The van der Waals surface area contributed by atoms with Crippen LogP contribution in [0, 0.1) is 55.1 Å². The zero-order chi connectivity index (χ0) is 48.1. The Labute approximate surface area is 368 Å². The van der Waals surface area contributed by atoms with Gasteiger partial charge in [-0.05, 0) is 55.7 Å². The summed E-state index contributed by atoms with van der Waals surface area (Å²) < 4.78 is 33.2. The Bertz CT molecular complexity index is 2050. The first kappa shape index (κ1) is 57.5. The van der Waals surface area contributed by atoms with Crippen LogP contribution in [0.25, 0.3) is 0 Å². The molecule has 0 unspecified atom stereocenters. The fraction of sp³-hybridized carbons (Fsp3) is 0.409. The molecule has 3 aromatic carbocycles. The van der Waals surface area contributed by atoms with Gasteiger partial charge in [0.2, 0.25) is 30.5 Å². The molecule has 0 atom stereocenters. The Hall–Kier alpha value is -6.59. The number of anilines is 3. The molecule has 18 heteroatoms. The second kappa shape index (κ2) is 31.3. The molecule has 0 aliphatic carbocycles. The summed E-state index contributed by atoms with van der Waals surface area (Å²) in [6, 6.07) is 13.3. The number of amides is 7. The van der Waals surface area contributed by atoms with Crippen LogP contribution in [0.3, 0.4) is 0 Å². The summed E-state index contributed by atoms with van der Waals surface area (Å²) in [4.78, 5) is 69.7. The number of ether oxygens (including phenoxy) is 1. The molecule has 0 spiro atoms. The van der Waals surface area contributed by atoms with E-state index in [1.807, 2.05) is 64.3 Å². The quantitative estimate of drug-likeness (QED) is 0.153. The average Bonchev–Trinajstić information content (AvgIpc) is 3.26. The molecule has 4 rings (SSSR count). The van der Waals surface area contributed by atoms with Gasteiger partial charge in [-0.3, -0.25) is 44.8 Å². The van der Waals surface area contributed by atoms with Gasteiger partial charge in [-0.25, -0.2) is 13.6 Å². The highest BCUT2D eigenvalue weighted by Crippen LogP contribution is 2.32. The lowest BCUT2D eigenvalue weighted by Crippen LogP contribution is -2.49. The third kappa shape index (κ3) is 17.6. The fourth-order valence-corrected chi connectivity index (χ4v) is 5.49. The second-order valence-electron chi connectivity index (χ2n) is 12.1. The highest BCUT2D eigenvalue weighted by molar-refractivity contribution is 6.35. The summed E-state index contributed by atoms with van der Waals surface area (Å²) in [5.74, 6) is -2.00. The van der Waals surface area contributed by atoms with E-state index in [1.165, 1.54) is 16.9 Å². The van der Waals surface area contributed by atoms with Crippen LogP contribution in [0.2, 0.25) is 5.02 Å². The molecule has 1 aliphatic heterocycles. The van der Waals surface area contributed by atoms with Gasteiger partial charge in [-0.1, -0.05) is 71.3 Å². The zero-order valence-electron chi connectivity index (χ0n) is 37.6. The molecule has 7 amide bonds. The van der Waals surface area contributed by atoms with Gasteiger partial charge < -0.3 is 14.5 Å². The van der Waals surface area contributed by atoms with Gasteiger partial charge in [0.15, 0.2) is 17.4 Å². The van der Waals surface area contributed by atoms with E-state index in [2.05, 4.69) is 5.32 Å². The number of halogens is 3. The molecule has 0 aromatic heterocycles. The highest BCUT2D eigenvalue weighted by Gasteiger charge is 2.27. The summed E-state index contributed by atoms with van der Waals surface area (Å²) in [5.41, 5.74) is 3.42. The standard InChI is InChI=1S/C13H14FN3O2.C13H17FN2O3.C12H10ClN3O2.3C2H6/c1-9-3-4-11(13(14)10(9)7-15)17(2)6-5-12(19)16-8-18;1-9-4-5-10(12(14)13(9)19-3)16(2)7-6-11(18)15-8-17;1-7-2-3-9(11(13)8(7)6-14)16-5-4-10(17)15-12(16)18;3*1-2/h3-4,8H,5-6H2,1-2H3,(H,16,18,19);4-5,8H,6-7H2,1-3H3,(H,15,17,18);2-3H,4-5H2,1H3,(H,15,17,18);3*1-2H3. The minimum Gasteiger partial charge on any atom is -0.493 e. The molecule has 62 heavy (non-hydrogen) atoms. The van der Waals surface area contributed by atoms with Crippen molar-refractivity contribution < 1.29 is 42.3 Å². The molecule has 1 saturated heterocycles. The Morgan fingerprint density at radius 2 is 1.23 bits per heavy atom. The van der Waals surface area contributed by atoms with E-state index in [9.17, 15) is 37.5 Å². The van der Waals surface area contributed by atoms with E-state index in [-0.39, 0.29) is 60.3 Å². The van der Waals surface area contributed by atoms with Crippen LogP contribution >= 0.6 is 11.6 Å². The first-order valence-electron chi connectivity index (χ1n) is 19.8. The Morgan fingerprint density at radius 1 is 0.790 bits per heavy atom. The first-order chi connectivity index (χ1) is 29.6. The number of carbonyl (C=O) groups excluding carboxylic acids is 6. The summed E-state index contributed by atoms with van der Waals surface area (Å²) in [5, 5.41) is 24.4. The molecule has 338 valence electrons. The Morgan fingerprint density at radius 3 is 1.66 bits per heavy atom. The van der Waals surface area contributed by atoms with Crippen molar-refractivity contribution in [3.8, 4) is 17.9 Å². The van der Waals surface area contributed by atoms with Crippen LogP contribution < -0.4 is 35.4 Å². The molecule has 1 aliphatic rings. The summed E-state index contributed by atoms with van der Waals surface area (Å²) >= 11 is 6.12. The van der Waals surface area contributed by atoms with E-state index in [0.717, 1.165) is 5.56 Å². The van der Waals surface area contributed by atoms with Crippen molar-refractivity contribution in [1.82, 2.24) is 16.0 Å². The topological polar surface area (TPSA) is 205 Å². The number of aryl methyl sites for hydroxylation is 3. The number of benzene rings is 3. The molecular formula is C44H59ClF2N8O7. The molecular weight excluding hydrogens is 826 g/mol. The number of hydrogen-bond acceptors (Lipinski definition) is 11. The van der Waals surface area contributed by atoms with Gasteiger partial charge in [-0.2, -0.15) is 10.5 Å². The number of rotatable bonds is 12. The van der Waals surface area contributed by atoms with Crippen molar-refractivity contribution in [1.29, 1.82) is 10.5 Å². The molecule has 0 radical (unpaired) electrons. The van der Waals surface area contributed by atoms with Gasteiger partial charge in [-0.15, -0.1) is 0 Å². The predicted octanol–water partition coefficient (Wildman–Crippen LogP) is 7.39. The summed E-state index contributed by atoms with van der Waals surface area (Å²) in [6.07, 6.45) is 1.02. The van der Waals surface area contributed by atoms with Crippen LogP contribution in [0.15, 0.2) is 36.4 Å². The smallest absolute Gasteiger partial charge is 0.328 e. The summed E-state index contributed by atoms with van der Waals surface area (Å²) in [6.45, 7) is 18.0. The maximum Gasteiger partial charge on any atom is 0.328 e. The lowest BCUT2D eigenvalue weighted by molar-refractivity contribution is -0.126. The predicted molar refractivity (Wildman–Crippen MR) is 238 cm³/mol. The molecule has 3 aromatic rings. The van der Waals surface area contributed by atoms with E-state index < -0.39 is 29.5 Å². The van der Waals surface area contributed by atoms with E-state index in [0.29, 0.717) is 47.4 Å². The number of imide groups is 3. The lowest BCUT2D eigenvalue weighted by Gasteiger charge is -2.27. The van der Waals surface area contributed by atoms with Crippen molar-refractivity contribution in [3.05, 3.63) is 80.9 Å². The Balaban J connectivity index is 0. The second-order valence-corrected chi connectivity index (χ2v) is 12.5. The monoisotopic (exact) mass is 884 g/mol. The van der Waals surface area contributed by atoms with Crippen molar-refractivity contribution in [2.45, 2.75) is 81.6 Å².